The molecule has 1 heterocycles. The number of aromatic nitrogens is 2. The molecule has 0 saturated heterocycles. The van der Waals surface area contributed by atoms with Crippen LogP contribution in [0.25, 0.3) is 0 Å². The number of rotatable bonds is 1. The van der Waals surface area contributed by atoms with Crippen LogP contribution in [0.3, 0.4) is 0 Å². The minimum absolute atomic E-state index is 0.395. The van der Waals surface area contributed by atoms with Gasteiger partial charge in [-0.15, -0.1) is 0 Å². The summed E-state index contributed by atoms with van der Waals surface area (Å²) in [5.74, 6) is 3.73. The van der Waals surface area contributed by atoms with Crippen molar-refractivity contribution in [3.63, 3.8) is 0 Å². The van der Waals surface area contributed by atoms with Crippen molar-refractivity contribution < 1.29 is 18.3 Å². The first-order chi connectivity index (χ1) is 9.74. The third kappa shape index (κ3) is 2.93. The molecular formula is C15H13F3N2O. The Hall–Kier alpha value is -2.26. The minimum Gasteiger partial charge on any atom is -0.364 e. The molecule has 1 aromatic carbocycles. The first-order valence-corrected chi connectivity index (χ1v) is 6.11. The molecule has 0 aliphatic rings. The quantitative estimate of drug-likeness (QED) is 0.821. The number of imidazole rings is 1. The zero-order valence-corrected chi connectivity index (χ0v) is 11.4. The summed E-state index contributed by atoms with van der Waals surface area (Å²) in [4.78, 5) is 3.57. The van der Waals surface area contributed by atoms with Crippen LogP contribution in [-0.2, 0) is 12.6 Å². The monoisotopic (exact) mass is 294 g/mol. The van der Waals surface area contributed by atoms with Crippen LogP contribution in [0.15, 0.2) is 36.7 Å². The van der Waals surface area contributed by atoms with Crippen molar-refractivity contribution in [3.05, 3.63) is 53.6 Å². The standard InChI is InChI=1S/C15H13F3N2O/c1-11-4-3-5-12(10-11)6-7-14(21,15(16,17)18)13-19-8-9-20(13)2/h3-5,8-10,21H,1-2H3. The van der Waals surface area contributed by atoms with Crippen LogP contribution in [0, 0.1) is 18.8 Å². The third-order valence-corrected chi connectivity index (χ3v) is 2.96. The number of alkyl halides is 3. The number of hydrogen-bond donors (Lipinski definition) is 1. The first kappa shape index (κ1) is 15.1. The summed E-state index contributed by atoms with van der Waals surface area (Å²) in [7, 11) is 1.37. The van der Waals surface area contributed by atoms with E-state index in [0.29, 0.717) is 5.56 Å². The summed E-state index contributed by atoms with van der Waals surface area (Å²) in [5.41, 5.74) is -2.05. The molecule has 2 aromatic rings. The van der Waals surface area contributed by atoms with Crippen LogP contribution in [0.1, 0.15) is 17.0 Å². The van der Waals surface area contributed by atoms with Crippen molar-refractivity contribution in [2.75, 3.05) is 0 Å². The van der Waals surface area contributed by atoms with Crippen LogP contribution in [0.5, 0.6) is 0 Å². The molecule has 0 fully saturated rings. The lowest BCUT2D eigenvalue weighted by molar-refractivity contribution is -0.244. The highest BCUT2D eigenvalue weighted by atomic mass is 19.4. The Morgan fingerprint density at radius 3 is 2.52 bits per heavy atom. The van der Waals surface area contributed by atoms with E-state index in [-0.39, 0.29) is 0 Å². The Kier molecular flexibility index (Phi) is 3.79. The van der Waals surface area contributed by atoms with Crippen molar-refractivity contribution >= 4 is 0 Å². The molecule has 0 bridgehead atoms. The molecule has 1 atom stereocenters. The highest BCUT2D eigenvalue weighted by Crippen LogP contribution is 2.37. The van der Waals surface area contributed by atoms with Gasteiger partial charge in [-0.3, -0.25) is 0 Å². The average Bonchev–Trinajstić information content (AvgIpc) is 2.81. The molecule has 110 valence electrons. The Morgan fingerprint density at radius 2 is 2.00 bits per heavy atom. The van der Waals surface area contributed by atoms with E-state index < -0.39 is 17.6 Å². The zero-order chi connectivity index (χ0) is 15.7. The molecule has 1 unspecified atom stereocenters. The molecule has 6 heteroatoms. The largest absolute Gasteiger partial charge is 0.436 e. The van der Waals surface area contributed by atoms with Gasteiger partial charge in [0, 0.05) is 25.0 Å². The van der Waals surface area contributed by atoms with Crippen LogP contribution < -0.4 is 0 Å². The first-order valence-electron chi connectivity index (χ1n) is 6.11. The van der Waals surface area contributed by atoms with E-state index in [2.05, 4.69) is 10.9 Å². The second-order valence-corrected chi connectivity index (χ2v) is 4.69. The molecule has 2 rings (SSSR count). The summed E-state index contributed by atoms with van der Waals surface area (Å²) in [6.07, 6.45) is -2.45. The predicted octanol–water partition coefficient (Wildman–Crippen LogP) is 2.53. The maximum Gasteiger partial charge on any atom is 0.436 e. The number of benzene rings is 1. The van der Waals surface area contributed by atoms with E-state index in [0.717, 1.165) is 10.1 Å². The number of hydrogen-bond acceptors (Lipinski definition) is 2. The molecule has 3 nitrogen and oxygen atoms in total. The number of aliphatic hydroxyl groups is 1. The Morgan fingerprint density at radius 1 is 1.29 bits per heavy atom. The fourth-order valence-electron chi connectivity index (χ4n) is 1.85. The summed E-state index contributed by atoms with van der Waals surface area (Å²) in [5, 5.41) is 10.0. The van der Waals surface area contributed by atoms with Gasteiger partial charge in [0.15, 0.2) is 5.82 Å². The smallest absolute Gasteiger partial charge is 0.364 e. The lowest BCUT2D eigenvalue weighted by Crippen LogP contribution is -2.43. The topological polar surface area (TPSA) is 38.1 Å². The second-order valence-electron chi connectivity index (χ2n) is 4.69. The van der Waals surface area contributed by atoms with E-state index in [9.17, 15) is 18.3 Å². The average molecular weight is 294 g/mol. The van der Waals surface area contributed by atoms with Gasteiger partial charge in [-0.05, 0) is 30.5 Å². The minimum atomic E-state index is -4.96. The third-order valence-electron chi connectivity index (χ3n) is 2.96. The van der Waals surface area contributed by atoms with E-state index >= 15 is 0 Å². The van der Waals surface area contributed by atoms with Gasteiger partial charge < -0.3 is 9.67 Å². The SMILES string of the molecule is Cc1cccc(C#CC(O)(c2nccn2C)C(F)(F)F)c1. The number of aryl methyl sites for hydroxylation is 2. The molecule has 0 spiro atoms. The molecule has 0 amide bonds. The summed E-state index contributed by atoms with van der Waals surface area (Å²) >= 11 is 0. The van der Waals surface area contributed by atoms with Gasteiger partial charge in [0.1, 0.15) is 0 Å². The lowest BCUT2D eigenvalue weighted by Gasteiger charge is -2.24. The van der Waals surface area contributed by atoms with E-state index in [1.807, 2.05) is 5.92 Å². The molecule has 0 aliphatic heterocycles. The molecule has 1 N–H and O–H groups in total. The molecular weight excluding hydrogens is 281 g/mol. The molecule has 0 radical (unpaired) electrons. The summed E-state index contributed by atoms with van der Waals surface area (Å²) in [6.45, 7) is 1.81. The predicted molar refractivity (Wildman–Crippen MR) is 71.2 cm³/mol. The van der Waals surface area contributed by atoms with Crippen LogP contribution in [-0.4, -0.2) is 20.8 Å². The fraction of sp³-hybridized carbons (Fsp3) is 0.267. The summed E-state index contributed by atoms with van der Waals surface area (Å²) < 4.78 is 40.8. The van der Waals surface area contributed by atoms with Gasteiger partial charge in [0.05, 0.1) is 0 Å². The van der Waals surface area contributed by atoms with E-state index in [1.54, 1.807) is 31.2 Å². The van der Waals surface area contributed by atoms with Crippen LogP contribution in [0.2, 0.25) is 0 Å². The maximum atomic E-state index is 13.2. The lowest BCUT2D eigenvalue weighted by atomic mass is 10.0. The summed E-state index contributed by atoms with van der Waals surface area (Å²) in [6, 6.07) is 6.71. The van der Waals surface area contributed by atoms with Crippen molar-refractivity contribution in [1.29, 1.82) is 0 Å². The zero-order valence-electron chi connectivity index (χ0n) is 11.4. The Bertz CT molecular complexity index is 709. The maximum absolute atomic E-state index is 13.2. The van der Waals surface area contributed by atoms with Gasteiger partial charge in [-0.1, -0.05) is 18.1 Å². The van der Waals surface area contributed by atoms with Gasteiger partial charge in [-0.25, -0.2) is 4.98 Å². The second kappa shape index (κ2) is 5.26. The van der Waals surface area contributed by atoms with Crippen molar-refractivity contribution in [3.8, 4) is 11.8 Å². The van der Waals surface area contributed by atoms with Gasteiger partial charge in [-0.2, -0.15) is 13.2 Å². The Labute approximate surface area is 120 Å². The van der Waals surface area contributed by atoms with Gasteiger partial charge in [0.25, 0.3) is 5.60 Å². The molecule has 21 heavy (non-hydrogen) atoms. The fourth-order valence-corrected chi connectivity index (χ4v) is 1.85. The van der Waals surface area contributed by atoms with Crippen molar-refractivity contribution in [2.24, 2.45) is 7.05 Å². The van der Waals surface area contributed by atoms with Crippen molar-refractivity contribution in [2.45, 2.75) is 18.7 Å². The van der Waals surface area contributed by atoms with Gasteiger partial charge in [0.2, 0.25) is 0 Å². The molecule has 0 aliphatic carbocycles. The number of halogens is 3. The van der Waals surface area contributed by atoms with Crippen LogP contribution in [0.4, 0.5) is 13.2 Å². The highest BCUT2D eigenvalue weighted by Gasteiger charge is 2.57. The number of nitrogens with zero attached hydrogens (tertiary/aromatic N) is 2. The van der Waals surface area contributed by atoms with Crippen molar-refractivity contribution in [1.82, 2.24) is 9.55 Å². The van der Waals surface area contributed by atoms with Crippen LogP contribution >= 0.6 is 0 Å². The molecule has 1 aromatic heterocycles. The van der Waals surface area contributed by atoms with Gasteiger partial charge >= 0.3 is 6.18 Å². The van der Waals surface area contributed by atoms with E-state index in [4.69, 9.17) is 0 Å². The highest BCUT2D eigenvalue weighted by molar-refractivity contribution is 5.40. The Balaban J connectivity index is 2.52. The normalized spacial score (nSPS) is 14.2. The van der Waals surface area contributed by atoms with E-state index in [1.165, 1.54) is 19.4 Å². The molecule has 0 saturated carbocycles.